The Hall–Kier alpha value is -0.160. The summed E-state index contributed by atoms with van der Waals surface area (Å²) in [4.78, 5) is 2.42. The molecule has 0 bridgehead atoms. The summed E-state index contributed by atoms with van der Waals surface area (Å²) in [5.74, 6) is 0. The van der Waals surface area contributed by atoms with Gasteiger partial charge < -0.3 is 20.7 Å². The molecule has 1 unspecified atom stereocenters. The Labute approximate surface area is 112 Å². The smallest absolute Gasteiger partial charge is 0.0615 e. The maximum atomic E-state index is 5.58. The first-order chi connectivity index (χ1) is 8.59. The highest BCUT2D eigenvalue weighted by molar-refractivity contribution is 4.84. The predicted octanol–water partition coefficient (Wildman–Crippen LogP) is 1.06. The Morgan fingerprint density at radius 3 is 2.61 bits per heavy atom. The molecule has 1 atom stereocenters. The third kappa shape index (κ3) is 5.65. The molecule has 0 aromatic heterocycles. The van der Waals surface area contributed by atoms with Crippen molar-refractivity contribution in [3.05, 3.63) is 0 Å². The molecule has 0 amide bonds. The fourth-order valence-electron chi connectivity index (χ4n) is 2.54. The van der Waals surface area contributed by atoms with Crippen molar-refractivity contribution in [1.82, 2.24) is 10.2 Å². The molecule has 18 heavy (non-hydrogen) atoms. The Bertz CT molecular complexity index is 215. The minimum atomic E-state index is 0.446. The minimum Gasteiger partial charge on any atom is -0.383 e. The van der Waals surface area contributed by atoms with E-state index in [9.17, 15) is 0 Å². The van der Waals surface area contributed by atoms with Crippen LogP contribution in [-0.4, -0.2) is 57.9 Å². The van der Waals surface area contributed by atoms with Gasteiger partial charge in [-0.2, -0.15) is 0 Å². The third-order valence-corrected chi connectivity index (χ3v) is 4.14. The van der Waals surface area contributed by atoms with Crippen LogP contribution >= 0.6 is 0 Å². The highest BCUT2D eigenvalue weighted by atomic mass is 16.5. The van der Waals surface area contributed by atoms with Crippen LogP contribution in [0.15, 0.2) is 0 Å². The van der Waals surface area contributed by atoms with Crippen molar-refractivity contribution in [2.24, 2.45) is 11.1 Å². The van der Waals surface area contributed by atoms with Crippen LogP contribution in [0.1, 0.15) is 32.6 Å². The molecule has 3 N–H and O–H groups in total. The van der Waals surface area contributed by atoms with Crippen LogP contribution in [0.5, 0.6) is 0 Å². The Balaban J connectivity index is 2.31. The van der Waals surface area contributed by atoms with Gasteiger partial charge in [-0.25, -0.2) is 0 Å². The van der Waals surface area contributed by atoms with Crippen LogP contribution in [0.3, 0.4) is 0 Å². The Morgan fingerprint density at radius 1 is 1.39 bits per heavy atom. The highest BCUT2D eigenvalue weighted by Crippen LogP contribution is 2.29. The molecule has 1 fully saturated rings. The molecular formula is C14H31N3O. The number of hydrogen-bond donors (Lipinski definition) is 2. The van der Waals surface area contributed by atoms with Gasteiger partial charge in [0.15, 0.2) is 0 Å². The fraction of sp³-hybridized carbons (Fsp3) is 1.00. The van der Waals surface area contributed by atoms with E-state index in [-0.39, 0.29) is 0 Å². The van der Waals surface area contributed by atoms with E-state index in [2.05, 4.69) is 24.2 Å². The van der Waals surface area contributed by atoms with Crippen molar-refractivity contribution >= 4 is 0 Å². The molecule has 0 radical (unpaired) electrons. The first-order valence-electron chi connectivity index (χ1n) is 7.20. The summed E-state index contributed by atoms with van der Waals surface area (Å²) in [5, 5.41) is 3.68. The van der Waals surface area contributed by atoms with Crippen molar-refractivity contribution in [3.8, 4) is 0 Å². The average molecular weight is 257 g/mol. The van der Waals surface area contributed by atoms with Crippen molar-refractivity contribution in [2.45, 2.75) is 38.6 Å². The molecule has 108 valence electrons. The SMILES string of the molecule is COCC(CCCN)NCC1(C)CCN(C)CC1. The number of ether oxygens (including phenoxy) is 1. The van der Waals surface area contributed by atoms with E-state index in [0.29, 0.717) is 11.5 Å². The summed E-state index contributed by atoms with van der Waals surface area (Å²) in [6.45, 7) is 7.49. The lowest BCUT2D eigenvalue weighted by Gasteiger charge is -2.39. The standard InChI is InChI=1S/C14H31N3O/c1-14(6-9-17(2)10-7-14)12-16-13(11-18-3)5-4-8-15/h13,16H,4-12,15H2,1-3H3. The largest absolute Gasteiger partial charge is 0.383 e. The molecule has 0 spiro atoms. The Morgan fingerprint density at radius 2 is 2.06 bits per heavy atom. The number of nitrogens with two attached hydrogens (primary N) is 1. The van der Waals surface area contributed by atoms with Gasteiger partial charge in [0.2, 0.25) is 0 Å². The van der Waals surface area contributed by atoms with Crippen LogP contribution in [0.2, 0.25) is 0 Å². The lowest BCUT2D eigenvalue weighted by atomic mass is 9.80. The number of rotatable bonds is 8. The van der Waals surface area contributed by atoms with E-state index in [1.165, 1.54) is 25.9 Å². The van der Waals surface area contributed by atoms with E-state index in [1.807, 2.05) is 0 Å². The topological polar surface area (TPSA) is 50.5 Å². The van der Waals surface area contributed by atoms with Gasteiger partial charge in [-0.15, -0.1) is 0 Å². The molecule has 1 heterocycles. The van der Waals surface area contributed by atoms with Gasteiger partial charge in [-0.05, 0) is 57.8 Å². The average Bonchev–Trinajstić information content (AvgIpc) is 2.37. The van der Waals surface area contributed by atoms with E-state index in [0.717, 1.165) is 32.5 Å². The van der Waals surface area contributed by atoms with Crippen molar-refractivity contribution in [3.63, 3.8) is 0 Å². The predicted molar refractivity (Wildman–Crippen MR) is 76.8 cm³/mol. The first-order valence-corrected chi connectivity index (χ1v) is 7.20. The molecule has 4 heteroatoms. The van der Waals surface area contributed by atoms with Gasteiger partial charge in [-0.3, -0.25) is 0 Å². The Kier molecular flexibility index (Phi) is 7.15. The summed E-state index contributed by atoms with van der Waals surface area (Å²) in [7, 11) is 3.98. The summed E-state index contributed by atoms with van der Waals surface area (Å²) in [5.41, 5.74) is 6.02. The number of methoxy groups -OCH3 is 1. The van der Waals surface area contributed by atoms with Gasteiger partial charge >= 0.3 is 0 Å². The summed E-state index contributed by atoms with van der Waals surface area (Å²) < 4.78 is 5.28. The second-order valence-electron chi connectivity index (χ2n) is 6.08. The molecule has 1 aliphatic rings. The van der Waals surface area contributed by atoms with E-state index >= 15 is 0 Å². The van der Waals surface area contributed by atoms with Gasteiger partial charge in [0.05, 0.1) is 6.61 Å². The molecule has 4 nitrogen and oxygen atoms in total. The van der Waals surface area contributed by atoms with E-state index < -0.39 is 0 Å². The first kappa shape index (κ1) is 15.9. The van der Waals surface area contributed by atoms with Gasteiger partial charge in [0, 0.05) is 19.7 Å². The zero-order valence-corrected chi connectivity index (χ0v) is 12.4. The molecule has 1 saturated heterocycles. The highest BCUT2D eigenvalue weighted by Gasteiger charge is 2.29. The monoisotopic (exact) mass is 257 g/mol. The quantitative estimate of drug-likeness (QED) is 0.683. The molecule has 1 aliphatic heterocycles. The minimum absolute atomic E-state index is 0.446. The van der Waals surface area contributed by atoms with E-state index in [1.54, 1.807) is 7.11 Å². The number of hydrogen-bond acceptors (Lipinski definition) is 4. The van der Waals surface area contributed by atoms with Crippen molar-refractivity contribution < 1.29 is 4.74 Å². The van der Waals surface area contributed by atoms with Crippen LogP contribution < -0.4 is 11.1 Å². The van der Waals surface area contributed by atoms with Gasteiger partial charge in [-0.1, -0.05) is 6.92 Å². The zero-order valence-electron chi connectivity index (χ0n) is 12.4. The number of nitrogens with one attached hydrogen (secondary N) is 1. The van der Waals surface area contributed by atoms with Crippen molar-refractivity contribution in [2.75, 3.05) is 46.9 Å². The number of likely N-dealkylation sites (tertiary alicyclic amines) is 1. The van der Waals surface area contributed by atoms with Crippen LogP contribution in [-0.2, 0) is 4.74 Å². The normalized spacial score (nSPS) is 22.0. The van der Waals surface area contributed by atoms with Crippen LogP contribution in [0.4, 0.5) is 0 Å². The lowest BCUT2D eigenvalue weighted by Crippen LogP contribution is -2.45. The fourth-order valence-corrected chi connectivity index (χ4v) is 2.54. The molecule has 0 aromatic rings. The molecule has 0 saturated carbocycles. The molecule has 1 rings (SSSR count). The summed E-state index contributed by atoms with van der Waals surface area (Å²) >= 11 is 0. The molecular weight excluding hydrogens is 226 g/mol. The summed E-state index contributed by atoms with van der Waals surface area (Å²) in [6.07, 6.45) is 4.75. The number of nitrogens with zero attached hydrogens (tertiary/aromatic N) is 1. The van der Waals surface area contributed by atoms with Crippen LogP contribution in [0, 0.1) is 5.41 Å². The second-order valence-corrected chi connectivity index (χ2v) is 6.08. The second kappa shape index (κ2) is 8.10. The van der Waals surface area contributed by atoms with Gasteiger partial charge in [0.1, 0.15) is 0 Å². The zero-order chi connectivity index (χ0) is 13.4. The molecule has 0 aromatic carbocycles. The summed E-state index contributed by atoms with van der Waals surface area (Å²) in [6, 6.07) is 0.454. The lowest BCUT2D eigenvalue weighted by molar-refractivity contribution is 0.116. The maximum Gasteiger partial charge on any atom is 0.0615 e. The molecule has 0 aliphatic carbocycles. The van der Waals surface area contributed by atoms with Crippen molar-refractivity contribution in [1.29, 1.82) is 0 Å². The van der Waals surface area contributed by atoms with Gasteiger partial charge in [0.25, 0.3) is 0 Å². The number of piperidine rings is 1. The maximum absolute atomic E-state index is 5.58. The van der Waals surface area contributed by atoms with E-state index in [4.69, 9.17) is 10.5 Å². The van der Waals surface area contributed by atoms with Crippen LogP contribution in [0.25, 0.3) is 0 Å². The third-order valence-electron chi connectivity index (χ3n) is 4.14.